The number of hydrogen-bond acceptors (Lipinski definition) is 5. The van der Waals surface area contributed by atoms with Crippen LogP contribution in [0.4, 0.5) is 0 Å². The predicted molar refractivity (Wildman–Crippen MR) is 108 cm³/mol. The fraction of sp³-hybridized carbons (Fsp3) is 0.0952. The van der Waals surface area contributed by atoms with Gasteiger partial charge in [0, 0.05) is 34.4 Å². The first-order valence-corrected chi connectivity index (χ1v) is 9.78. The molecule has 0 radical (unpaired) electrons. The van der Waals surface area contributed by atoms with E-state index in [1.807, 2.05) is 23.6 Å². The van der Waals surface area contributed by atoms with Crippen LogP contribution in [0.1, 0.15) is 22.0 Å². The number of pyridine rings is 1. The number of nitrogens with zero attached hydrogens (tertiary/aromatic N) is 2. The average molecular weight is 411 g/mol. The van der Waals surface area contributed by atoms with Crippen LogP contribution in [0.15, 0.2) is 71.9 Å². The van der Waals surface area contributed by atoms with Gasteiger partial charge >= 0.3 is 0 Å². The first-order valence-electron chi connectivity index (χ1n) is 8.53. The minimum absolute atomic E-state index is 0.0682. The van der Waals surface area contributed by atoms with E-state index in [9.17, 15) is 14.7 Å². The molecule has 1 N–H and O–H groups in total. The van der Waals surface area contributed by atoms with E-state index in [1.165, 1.54) is 16.2 Å². The number of aliphatic hydroxyl groups excluding tert-OH is 1. The Morgan fingerprint density at radius 1 is 1.18 bits per heavy atom. The maximum absolute atomic E-state index is 12.9. The lowest BCUT2D eigenvalue weighted by Crippen LogP contribution is -2.28. The molecule has 4 rings (SSSR count). The van der Waals surface area contributed by atoms with Crippen molar-refractivity contribution in [2.24, 2.45) is 0 Å². The van der Waals surface area contributed by atoms with Gasteiger partial charge in [-0.1, -0.05) is 35.9 Å². The van der Waals surface area contributed by atoms with Crippen LogP contribution in [0.25, 0.3) is 5.76 Å². The highest BCUT2D eigenvalue weighted by Gasteiger charge is 2.46. The summed E-state index contributed by atoms with van der Waals surface area (Å²) >= 11 is 7.46. The lowest BCUT2D eigenvalue weighted by molar-refractivity contribution is -0.140. The van der Waals surface area contributed by atoms with E-state index in [0.717, 1.165) is 10.4 Å². The standard InChI is InChI=1S/C21H15ClN2O3S/c22-15-6-1-5-14(10-15)19(25)17-18(16-7-3-9-28-16)24(21(27)20(17)26)12-13-4-2-8-23-11-13/h1-11,18,25H,12H2/b19-17-. The third-order valence-electron chi connectivity index (χ3n) is 4.53. The summed E-state index contributed by atoms with van der Waals surface area (Å²) in [5.41, 5.74) is 1.26. The third-order valence-corrected chi connectivity index (χ3v) is 5.69. The number of likely N-dealkylation sites (tertiary alicyclic amines) is 1. The largest absolute Gasteiger partial charge is 0.507 e. The molecule has 1 aliphatic heterocycles. The highest BCUT2D eigenvalue weighted by molar-refractivity contribution is 7.10. The Bertz CT molecular complexity index is 1060. The Balaban J connectivity index is 1.84. The van der Waals surface area contributed by atoms with E-state index in [2.05, 4.69) is 4.98 Å². The maximum atomic E-state index is 12.9. The Labute approximate surface area is 170 Å². The molecule has 0 bridgehead atoms. The van der Waals surface area contributed by atoms with Gasteiger partial charge in [0.15, 0.2) is 0 Å². The number of hydrogen-bond donors (Lipinski definition) is 1. The van der Waals surface area contributed by atoms with Gasteiger partial charge in [-0.15, -0.1) is 11.3 Å². The van der Waals surface area contributed by atoms with Crippen LogP contribution in [-0.2, 0) is 16.1 Å². The number of carbonyl (C=O) groups is 2. The van der Waals surface area contributed by atoms with Crippen molar-refractivity contribution in [1.29, 1.82) is 0 Å². The van der Waals surface area contributed by atoms with Crippen LogP contribution in [0.3, 0.4) is 0 Å². The molecule has 0 saturated carbocycles. The molecule has 1 aromatic carbocycles. The zero-order valence-electron chi connectivity index (χ0n) is 14.6. The van der Waals surface area contributed by atoms with E-state index in [0.29, 0.717) is 10.6 Å². The highest BCUT2D eigenvalue weighted by atomic mass is 35.5. The number of ketones is 1. The zero-order chi connectivity index (χ0) is 19.7. The molecule has 28 heavy (non-hydrogen) atoms. The summed E-state index contributed by atoms with van der Waals surface area (Å²) in [6.07, 6.45) is 3.30. The van der Waals surface area contributed by atoms with Gasteiger partial charge < -0.3 is 10.0 Å². The summed E-state index contributed by atoms with van der Waals surface area (Å²) in [6.45, 7) is 0.216. The molecule has 140 valence electrons. The second kappa shape index (κ2) is 7.58. The number of carbonyl (C=O) groups excluding carboxylic acids is 2. The van der Waals surface area contributed by atoms with Gasteiger partial charge in [0.25, 0.3) is 11.7 Å². The van der Waals surface area contributed by atoms with Gasteiger partial charge in [-0.05, 0) is 35.2 Å². The summed E-state index contributed by atoms with van der Waals surface area (Å²) < 4.78 is 0. The van der Waals surface area contributed by atoms with E-state index < -0.39 is 17.7 Å². The fourth-order valence-electron chi connectivity index (χ4n) is 3.27. The minimum atomic E-state index is -0.709. The van der Waals surface area contributed by atoms with Crippen LogP contribution in [0.5, 0.6) is 0 Å². The number of aromatic nitrogens is 1. The predicted octanol–water partition coefficient (Wildman–Crippen LogP) is 4.42. The van der Waals surface area contributed by atoms with Crippen molar-refractivity contribution in [3.05, 3.63) is 92.9 Å². The van der Waals surface area contributed by atoms with Crippen molar-refractivity contribution >= 4 is 40.4 Å². The van der Waals surface area contributed by atoms with Gasteiger partial charge in [0.05, 0.1) is 11.6 Å². The summed E-state index contributed by atoms with van der Waals surface area (Å²) in [6, 6.07) is 13.2. The molecular formula is C21H15ClN2O3S. The second-order valence-corrected chi connectivity index (χ2v) is 7.73. The van der Waals surface area contributed by atoms with Crippen LogP contribution in [0.2, 0.25) is 5.02 Å². The molecule has 1 atom stereocenters. The Morgan fingerprint density at radius 3 is 2.71 bits per heavy atom. The lowest BCUT2D eigenvalue weighted by Gasteiger charge is -2.24. The molecule has 1 unspecified atom stereocenters. The van der Waals surface area contributed by atoms with Crippen molar-refractivity contribution in [3.63, 3.8) is 0 Å². The lowest BCUT2D eigenvalue weighted by atomic mass is 10.00. The van der Waals surface area contributed by atoms with Gasteiger partial charge in [0.2, 0.25) is 0 Å². The molecule has 5 nitrogen and oxygen atoms in total. The van der Waals surface area contributed by atoms with Crippen molar-refractivity contribution in [2.45, 2.75) is 12.6 Å². The molecule has 0 spiro atoms. The summed E-state index contributed by atoms with van der Waals surface area (Å²) in [5, 5.41) is 13.2. The number of halogens is 1. The summed E-state index contributed by atoms with van der Waals surface area (Å²) in [4.78, 5) is 32.0. The number of aliphatic hydroxyl groups is 1. The van der Waals surface area contributed by atoms with Crippen molar-refractivity contribution < 1.29 is 14.7 Å². The number of Topliss-reactive ketones (excluding diaryl/α,β-unsaturated/α-hetero) is 1. The maximum Gasteiger partial charge on any atom is 0.295 e. The average Bonchev–Trinajstić information content (AvgIpc) is 3.31. The quantitative estimate of drug-likeness (QED) is 0.392. The molecular weight excluding hydrogens is 396 g/mol. The summed E-state index contributed by atoms with van der Waals surface area (Å²) in [5.74, 6) is -1.58. The van der Waals surface area contributed by atoms with Crippen molar-refractivity contribution in [1.82, 2.24) is 9.88 Å². The van der Waals surface area contributed by atoms with Gasteiger partial charge in [-0.25, -0.2) is 0 Å². The van der Waals surface area contributed by atoms with Crippen LogP contribution in [0, 0.1) is 0 Å². The molecule has 1 saturated heterocycles. The molecule has 0 aliphatic carbocycles. The number of thiophene rings is 1. The second-order valence-electron chi connectivity index (χ2n) is 6.31. The molecule has 1 aliphatic rings. The van der Waals surface area contributed by atoms with Crippen LogP contribution < -0.4 is 0 Å². The minimum Gasteiger partial charge on any atom is -0.507 e. The van der Waals surface area contributed by atoms with Crippen molar-refractivity contribution in [2.75, 3.05) is 0 Å². The normalized spacial score (nSPS) is 18.6. The fourth-order valence-corrected chi connectivity index (χ4v) is 4.30. The number of amides is 1. The first-order chi connectivity index (χ1) is 13.6. The zero-order valence-corrected chi connectivity index (χ0v) is 16.2. The Hall–Kier alpha value is -2.96. The first kappa shape index (κ1) is 18.4. The van der Waals surface area contributed by atoms with Crippen LogP contribution in [-0.4, -0.2) is 26.7 Å². The molecule has 1 amide bonds. The monoisotopic (exact) mass is 410 g/mol. The Kier molecular flexibility index (Phi) is 4.98. The molecule has 2 aromatic heterocycles. The SMILES string of the molecule is O=C1C(=O)N(Cc2cccnc2)C(c2cccs2)/C1=C(/O)c1cccc(Cl)c1. The molecule has 7 heteroatoms. The molecule has 3 aromatic rings. The van der Waals surface area contributed by atoms with E-state index >= 15 is 0 Å². The topological polar surface area (TPSA) is 70.5 Å². The van der Waals surface area contributed by atoms with Gasteiger partial charge in [0.1, 0.15) is 5.76 Å². The summed E-state index contributed by atoms with van der Waals surface area (Å²) in [7, 11) is 0. The van der Waals surface area contributed by atoms with E-state index in [4.69, 9.17) is 11.6 Å². The van der Waals surface area contributed by atoms with Crippen molar-refractivity contribution in [3.8, 4) is 0 Å². The van der Waals surface area contributed by atoms with Gasteiger partial charge in [-0.2, -0.15) is 0 Å². The Morgan fingerprint density at radius 2 is 2.04 bits per heavy atom. The highest BCUT2D eigenvalue weighted by Crippen LogP contribution is 2.41. The molecule has 3 heterocycles. The van der Waals surface area contributed by atoms with E-state index in [1.54, 1.807) is 42.7 Å². The smallest absolute Gasteiger partial charge is 0.295 e. The van der Waals surface area contributed by atoms with Gasteiger partial charge in [-0.3, -0.25) is 14.6 Å². The number of benzene rings is 1. The molecule has 1 fully saturated rings. The van der Waals surface area contributed by atoms with Crippen LogP contribution >= 0.6 is 22.9 Å². The third kappa shape index (κ3) is 3.32. The number of rotatable bonds is 4. The van der Waals surface area contributed by atoms with E-state index in [-0.39, 0.29) is 17.9 Å².